The van der Waals surface area contributed by atoms with Gasteiger partial charge in [-0.3, -0.25) is 9.59 Å². The highest BCUT2D eigenvalue weighted by atomic mass is 16.5. The Morgan fingerprint density at radius 3 is 2.23 bits per heavy atom. The van der Waals surface area contributed by atoms with Crippen molar-refractivity contribution < 1.29 is 19.1 Å². The van der Waals surface area contributed by atoms with Crippen molar-refractivity contribution in [1.29, 1.82) is 0 Å². The highest BCUT2D eigenvalue weighted by molar-refractivity contribution is 5.95. The number of ether oxygens (including phenoxy) is 2. The molecule has 3 aromatic carbocycles. The van der Waals surface area contributed by atoms with Crippen molar-refractivity contribution in [3.8, 4) is 11.5 Å². The lowest BCUT2D eigenvalue weighted by molar-refractivity contribution is -0.118. The molecule has 4 saturated carbocycles. The van der Waals surface area contributed by atoms with Gasteiger partial charge in [-0.05, 0) is 115 Å². The van der Waals surface area contributed by atoms with E-state index in [1.807, 2.05) is 18.2 Å². The number of hydrogen-bond acceptors (Lipinski definition) is 5. The number of hydrazone groups is 1. The monoisotopic (exact) mass is 537 g/mol. The van der Waals surface area contributed by atoms with Gasteiger partial charge in [-0.15, -0.1) is 0 Å². The normalized spacial score (nSPS) is 24.6. The van der Waals surface area contributed by atoms with Crippen molar-refractivity contribution in [3.63, 3.8) is 0 Å². The second-order valence-corrected chi connectivity index (χ2v) is 11.6. The Labute approximate surface area is 235 Å². The maximum absolute atomic E-state index is 12.6. The van der Waals surface area contributed by atoms with Crippen molar-refractivity contribution in [2.75, 3.05) is 19.0 Å². The van der Waals surface area contributed by atoms with Crippen molar-refractivity contribution in [3.05, 3.63) is 89.5 Å². The predicted octanol–water partition coefficient (Wildman–Crippen LogP) is 5.94. The first-order chi connectivity index (χ1) is 19.5. The van der Waals surface area contributed by atoms with E-state index in [1.165, 1.54) is 57.4 Å². The van der Waals surface area contributed by atoms with Crippen LogP contribution in [0, 0.1) is 17.8 Å². The third-order valence-electron chi connectivity index (χ3n) is 8.78. The fourth-order valence-corrected chi connectivity index (χ4v) is 7.41. The Bertz CT molecular complexity index is 1370. The molecular weight excluding hydrogens is 502 g/mol. The second kappa shape index (κ2) is 11.2. The molecule has 0 radical (unpaired) electrons. The van der Waals surface area contributed by atoms with Crippen LogP contribution in [0.4, 0.5) is 5.69 Å². The van der Waals surface area contributed by atoms with Crippen molar-refractivity contribution in [1.82, 2.24) is 5.43 Å². The molecule has 3 aromatic rings. The summed E-state index contributed by atoms with van der Waals surface area (Å²) < 4.78 is 11.2. The van der Waals surface area contributed by atoms with E-state index in [2.05, 4.69) is 28.0 Å². The predicted molar refractivity (Wildman–Crippen MR) is 155 cm³/mol. The molecule has 0 unspecified atom stereocenters. The van der Waals surface area contributed by atoms with Crippen molar-refractivity contribution in [2.45, 2.75) is 43.9 Å². The third-order valence-corrected chi connectivity index (χ3v) is 8.78. The molecule has 2 amide bonds. The second-order valence-electron chi connectivity index (χ2n) is 11.6. The first-order valence-electron chi connectivity index (χ1n) is 14.1. The summed E-state index contributed by atoms with van der Waals surface area (Å²) in [5, 5.41) is 6.97. The molecule has 0 aliphatic heterocycles. The highest BCUT2D eigenvalue weighted by Gasteiger charge is 2.51. The number of benzene rings is 3. The molecule has 206 valence electrons. The maximum atomic E-state index is 12.6. The first-order valence-corrected chi connectivity index (χ1v) is 14.1. The number of carbonyl (C=O) groups is 2. The third kappa shape index (κ3) is 5.60. The van der Waals surface area contributed by atoms with Crippen LogP contribution in [0.2, 0.25) is 0 Å². The summed E-state index contributed by atoms with van der Waals surface area (Å²) in [7, 11) is 1.53. The molecule has 4 fully saturated rings. The summed E-state index contributed by atoms with van der Waals surface area (Å²) in [5.41, 5.74) is 6.30. The van der Waals surface area contributed by atoms with Gasteiger partial charge in [0, 0.05) is 11.3 Å². The zero-order valence-corrected chi connectivity index (χ0v) is 22.8. The lowest BCUT2D eigenvalue weighted by Crippen LogP contribution is -2.48. The van der Waals surface area contributed by atoms with Gasteiger partial charge in [0.15, 0.2) is 18.1 Å². The van der Waals surface area contributed by atoms with Crippen LogP contribution < -0.4 is 20.2 Å². The fourth-order valence-electron chi connectivity index (χ4n) is 7.41. The standard InChI is InChI=1S/C33H35N3O4/c1-39-30-16-22(20-34-36-32(38)26-5-3-2-4-6-26)7-12-29(30)40-21-31(37)35-28-10-8-27(9-11-28)33-17-23-13-24(18-33)15-25(14-23)19-33/h2-12,16,20,23-25H,13-15,17-19,21H2,1H3,(H,35,37)(H,36,38)/b34-20+. The first kappa shape index (κ1) is 26.1. The quantitative estimate of drug-likeness (QED) is 0.261. The smallest absolute Gasteiger partial charge is 0.271 e. The van der Waals surface area contributed by atoms with Crippen LogP contribution in [-0.4, -0.2) is 31.7 Å². The Morgan fingerprint density at radius 2 is 1.57 bits per heavy atom. The van der Waals surface area contributed by atoms with Crippen LogP contribution in [0.5, 0.6) is 11.5 Å². The van der Waals surface area contributed by atoms with E-state index in [-0.39, 0.29) is 18.4 Å². The zero-order chi connectivity index (χ0) is 27.5. The average molecular weight is 538 g/mol. The summed E-state index contributed by atoms with van der Waals surface area (Å²) in [6, 6.07) is 22.6. The summed E-state index contributed by atoms with van der Waals surface area (Å²) >= 11 is 0. The number of nitrogens with one attached hydrogen (secondary N) is 2. The van der Waals surface area contributed by atoms with Crippen LogP contribution in [-0.2, 0) is 10.2 Å². The fraction of sp³-hybridized carbons (Fsp3) is 0.364. The minimum atomic E-state index is -0.294. The van der Waals surface area contributed by atoms with E-state index in [0.717, 1.165) is 23.4 Å². The Morgan fingerprint density at radius 1 is 0.900 bits per heavy atom. The van der Waals surface area contributed by atoms with Gasteiger partial charge in [0.05, 0.1) is 13.3 Å². The molecule has 4 aliphatic carbocycles. The van der Waals surface area contributed by atoms with Gasteiger partial charge < -0.3 is 14.8 Å². The molecular formula is C33H35N3O4. The lowest BCUT2D eigenvalue weighted by atomic mass is 9.48. The van der Waals surface area contributed by atoms with E-state index in [9.17, 15) is 9.59 Å². The van der Waals surface area contributed by atoms with Gasteiger partial charge >= 0.3 is 0 Å². The summed E-state index contributed by atoms with van der Waals surface area (Å²) in [6.07, 6.45) is 9.80. The molecule has 0 spiro atoms. The van der Waals surface area contributed by atoms with E-state index in [1.54, 1.807) is 42.5 Å². The molecule has 2 N–H and O–H groups in total. The molecule has 0 saturated heterocycles. The van der Waals surface area contributed by atoms with Crippen LogP contribution >= 0.6 is 0 Å². The lowest BCUT2D eigenvalue weighted by Gasteiger charge is -2.57. The molecule has 0 atom stereocenters. The molecule has 7 heteroatoms. The molecule has 0 aromatic heterocycles. The molecule has 7 rings (SSSR count). The van der Waals surface area contributed by atoms with E-state index in [4.69, 9.17) is 9.47 Å². The van der Waals surface area contributed by atoms with Gasteiger partial charge in [-0.25, -0.2) is 5.43 Å². The average Bonchev–Trinajstić information content (AvgIpc) is 2.96. The van der Waals surface area contributed by atoms with Crippen LogP contribution in [0.15, 0.2) is 77.9 Å². The molecule has 4 bridgehead atoms. The van der Waals surface area contributed by atoms with Crippen molar-refractivity contribution >= 4 is 23.7 Å². The minimum absolute atomic E-state index is 0.145. The Balaban J connectivity index is 1.02. The van der Waals surface area contributed by atoms with Gasteiger partial charge in [0.1, 0.15) is 0 Å². The molecule has 0 heterocycles. The Kier molecular flexibility index (Phi) is 7.29. The van der Waals surface area contributed by atoms with Gasteiger partial charge in [-0.1, -0.05) is 30.3 Å². The van der Waals surface area contributed by atoms with E-state index >= 15 is 0 Å². The van der Waals surface area contributed by atoms with Crippen molar-refractivity contribution in [2.24, 2.45) is 22.9 Å². The number of nitrogens with zero attached hydrogens (tertiary/aromatic N) is 1. The number of hydrogen-bond donors (Lipinski definition) is 2. The molecule has 40 heavy (non-hydrogen) atoms. The summed E-state index contributed by atoms with van der Waals surface area (Å²) in [6.45, 7) is -0.145. The summed E-state index contributed by atoms with van der Waals surface area (Å²) in [5.74, 6) is 3.09. The molecule has 7 nitrogen and oxygen atoms in total. The summed E-state index contributed by atoms with van der Waals surface area (Å²) in [4.78, 5) is 24.8. The minimum Gasteiger partial charge on any atom is -0.493 e. The largest absolute Gasteiger partial charge is 0.493 e. The topological polar surface area (TPSA) is 89.0 Å². The maximum Gasteiger partial charge on any atom is 0.271 e. The highest BCUT2D eigenvalue weighted by Crippen LogP contribution is 2.60. The van der Waals surface area contributed by atoms with E-state index in [0.29, 0.717) is 28.0 Å². The number of rotatable bonds is 9. The molecule has 4 aliphatic rings. The van der Waals surface area contributed by atoms with Gasteiger partial charge in [-0.2, -0.15) is 5.10 Å². The van der Waals surface area contributed by atoms with E-state index < -0.39 is 0 Å². The van der Waals surface area contributed by atoms with Crippen LogP contribution in [0.25, 0.3) is 0 Å². The van der Waals surface area contributed by atoms with Gasteiger partial charge in [0.25, 0.3) is 11.8 Å². The Hall–Kier alpha value is -4.13. The number of carbonyl (C=O) groups excluding carboxylic acids is 2. The number of anilines is 1. The number of amides is 2. The number of methoxy groups -OCH3 is 1. The van der Waals surface area contributed by atoms with Crippen LogP contribution in [0.1, 0.15) is 60.0 Å². The zero-order valence-electron chi connectivity index (χ0n) is 22.8. The van der Waals surface area contributed by atoms with Crippen LogP contribution in [0.3, 0.4) is 0 Å². The SMILES string of the molecule is COc1cc(/C=N/NC(=O)c2ccccc2)ccc1OCC(=O)Nc1ccc(C23CC4CC(CC(C4)C2)C3)cc1. The van der Waals surface area contributed by atoms with Gasteiger partial charge in [0.2, 0.25) is 0 Å².